The number of nitrogens with zero attached hydrogens (tertiary/aromatic N) is 3. The van der Waals surface area contributed by atoms with Gasteiger partial charge in [-0.15, -0.1) is 11.3 Å². The Kier molecular flexibility index (Phi) is 3.71. The van der Waals surface area contributed by atoms with Gasteiger partial charge in [0, 0.05) is 49.7 Å². The second-order valence-corrected chi connectivity index (χ2v) is 8.10. The molecule has 1 aromatic rings. The van der Waals surface area contributed by atoms with E-state index in [0.717, 1.165) is 31.2 Å². The van der Waals surface area contributed by atoms with Crippen molar-refractivity contribution < 1.29 is 9.90 Å². The lowest BCUT2D eigenvalue weighted by molar-refractivity contribution is -0.149. The fraction of sp³-hybridized carbons (Fsp3) is 0.750. The SMILES string of the molecule is O=C(O)[C@@]12CN(Cc3nccs3)C[C@@H]1CN(C1CCCC1)C2. The average Bonchev–Trinajstić information content (AvgIpc) is 3.22. The summed E-state index contributed by atoms with van der Waals surface area (Å²) in [4.78, 5) is 21.2. The second-order valence-electron chi connectivity index (χ2n) is 7.12. The van der Waals surface area contributed by atoms with Crippen molar-refractivity contribution in [3.63, 3.8) is 0 Å². The first kappa shape index (κ1) is 14.6. The molecule has 2 aliphatic heterocycles. The van der Waals surface area contributed by atoms with E-state index in [1.165, 1.54) is 25.7 Å². The van der Waals surface area contributed by atoms with Gasteiger partial charge in [0.25, 0.3) is 0 Å². The number of carboxylic acids is 1. The van der Waals surface area contributed by atoms with Crippen LogP contribution in [0.3, 0.4) is 0 Å². The first-order valence-corrected chi connectivity index (χ1v) is 9.13. The lowest BCUT2D eigenvalue weighted by Gasteiger charge is -2.28. The molecule has 0 aromatic carbocycles. The molecule has 0 spiro atoms. The molecule has 2 atom stereocenters. The molecule has 6 heteroatoms. The Bertz CT molecular complexity index is 544. The van der Waals surface area contributed by atoms with Crippen molar-refractivity contribution in [2.75, 3.05) is 26.2 Å². The number of rotatable bonds is 4. The molecule has 2 saturated heterocycles. The minimum absolute atomic E-state index is 0.269. The van der Waals surface area contributed by atoms with Crippen molar-refractivity contribution in [1.29, 1.82) is 0 Å². The number of fused-ring (bicyclic) bond motifs is 1. The van der Waals surface area contributed by atoms with Crippen LogP contribution >= 0.6 is 11.3 Å². The zero-order valence-electron chi connectivity index (χ0n) is 12.8. The van der Waals surface area contributed by atoms with E-state index in [4.69, 9.17) is 0 Å². The van der Waals surface area contributed by atoms with Gasteiger partial charge in [-0.2, -0.15) is 0 Å². The lowest BCUT2D eigenvalue weighted by atomic mass is 9.81. The van der Waals surface area contributed by atoms with E-state index in [-0.39, 0.29) is 5.92 Å². The van der Waals surface area contributed by atoms with E-state index < -0.39 is 11.4 Å². The van der Waals surface area contributed by atoms with Crippen LogP contribution < -0.4 is 0 Å². The number of hydrogen-bond acceptors (Lipinski definition) is 5. The summed E-state index contributed by atoms with van der Waals surface area (Å²) in [6.07, 6.45) is 6.95. The Labute approximate surface area is 134 Å². The summed E-state index contributed by atoms with van der Waals surface area (Å²) < 4.78 is 0. The van der Waals surface area contributed by atoms with Gasteiger partial charge in [-0.25, -0.2) is 4.98 Å². The molecule has 0 bridgehead atoms. The van der Waals surface area contributed by atoms with Gasteiger partial charge in [-0.3, -0.25) is 14.6 Å². The number of aromatic nitrogens is 1. The van der Waals surface area contributed by atoms with Gasteiger partial charge >= 0.3 is 5.97 Å². The molecular formula is C16H23N3O2S. The number of thiazole rings is 1. The van der Waals surface area contributed by atoms with Gasteiger partial charge in [-0.05, 0) is 12.8 Å². The second kappa shape index (κ2) is 5.58. The van der Waals surface area contributed by atoms with E-state index in [9.17, 15) is 9.90 Å². The quantitative estimate of drug-likeness (QED) is 0.918. The number of carbonyl (C=O) groups is 1. The lowest BCUT2D eigenvalue weighted by Crippen LogP contribution is -2.42. The van der Waals surface area contributed by atoms with Crippen molar-refractivity contribution in [2.45, 2.75) is 38.3 Å². The molecule has 22 heavy (non-hydrogen) atoms. The van der Waals surface area contributed by atoms with Crippen LogP contribution in [0.4, 0.5) is 0 Å². The monoisotopic (exact) mass is 321 g/mol. The Morgan fingerprint density at radius 3 is 2.82 bits per heavy atom. The van der Waals surface area contributed by atoms with Crippen LogP contribution in [-0.4, -0.2) is 58.1 Å². The van der Waals surface area contributed by atoms with Crippen molar-refractivity contribution in [3.8, 4) is 0 Å². The van der Waals surface area contributed by atoms with Gasteiger partial charge < -0.3 is 5.11 Å². The summed E-state index contributed by atoms with van der Waals surface area (Å²) in [6, 6.07) is 0.634. The maximum absolute atomic E-state index is 12.0. The summed E-state index contributed by atoms with van der Waals surface area (Å²) in [5.41, 5.74) is -0.556. The fourth-order valence-corrected chi connectivity index (χ4v) is 5.36. The Balaban J connectivity index is 1.48. The molecule has 3 heterocycles. The minimum atomic E-state index is -0.598. The summed E-state index contributed by atoms with van der Waals surface area (Å²) in [7, 11) is 0. The Hall–Kier alpha value is -0.980. The normalized spacial score (nSPS) is 33.5. The molecule has 3 fully saturated rings. The van der Waals surface area contributed by atoms with E-state index in [1.54, 1.807) is 11.3 Å². The highest BCUT2D eigenvalue weighted by molar-refractivity contribution is 7.09. The fourth-order valence-electron chi connectivity index (χ4n) is 4.70. The first-order valence-electron chi connectivity index (χ1n) is 8.25. The highest BCUT2D eigenvalue weighted by Crippen LogP contribution is 2.45. The van der Waals surface area contributed by atoms with Crippen LogP contribution in [-0.2, 0) is 11.3 Å². The van der Waals surface area contributed by atoms with Crippen LogP contribution in [0.1, 0.15) is 30.7 Å². The van der Waals surface area contributed by atoms with Gasteiger partial charge in [0.05, 0.1) is 12.0 Å². The molecule has 4 rings (SSSR count). The minimum Gasteiger partial charge on any atom is -0.481 e. The third-order valence-corrected chi connectivity index (χ3v) is 6.58. The smallest absolute Gasteiger partial charge is 0.312 e. The molecule has 0 amide bonds. The zero-order chi connectivity index (χ0) is 15.2. The molecule has 1 N–H and O–H groups in total. The first-order chi connectivity index (χ1) is 10.7. The molecule has 120 valence electrons. The summed E-state index contributed by atoms with van der Waals surface area (Å²) in [5.74, 6) is -0.329. The topological polar surface area (TPSA) is 56.7 Å². The highest BCUT2D eigenvalue weighted by Gasteiger charge is 2.58. The molecule has 5 nitrogen and oxygen atoms in total. The van der Waals surface area contributed by atoms with Crippen molar-refractivity contribution in [3.05, 3.63) is 16.6 Å². The number of hydrogen-bond donors (Lipinski definition) is 1. The van der Waals surface area contributed by atoms with Gasteiger partial charge in [0.15, 0.2) is 0 Å². The van der Waals surface area contributed by atoms with Gasteiger partial charge in [-0.1, -0.05) is 12.8 Å². The summed E-state index contributed by atoms with van der Waals surface area (Å²) in [5, 5.41) is 13.0. The molecule has 0 radical (unpaired) electrons. The van der Waals surface area contributed by atoms with E-state index in [2.05, 4.69) is 14.8 Å². The maximum atomic E-state index is 12.0. The number of likely N-dealkylation sites (tertiary alicyclic amines) is 2. The van der Waals surface area contributed by atoms with Crippen LogP contribution in [0.15, 0.2) is 11.6 Å². The summed E-state index contributed by atoms with van der Waals surface area (Å²) in [6.45, 7) is 4.08. The molecular weight excluding hydrogens is 298 g/mol. The van der Waals surface area contributed by atoms with E-state index >= 15 is 0 Å². The maximum Gasteiger partial charge on any atom is 0.312 e. The highest BCUT2D eigenvalue weighted by atomic mass is 32.1. The Morgan fingerprint density at radius 1 is 1.36 bits per heavy atom. The van der Waals surface area contributed by atoms with Crippen LogP contribution in [0.5, 0.6) is 0 Å². The molecule has 3 aliphatic rings. The molecule has 1 saturated carbocycles. The predicted octanol–water partition coefficient (Wildman–Crippen LogP) is 1.90. The Morgan fingerprint density at radius 2 is 2.18 bits per heavy atom. The number of carboxylic acid groups (broad SMARTS) is 1. The summed E-state index contributed by atoms with van der Waals surface area (Å²) >= 11 is 1.66. The third kappa shape index (κ3) is 2.37. The van der Waals surface area contributed by atoms with Gasteiger partial charge in [0.1, 0.15) is 5.01 Å². The molecule has 1 aliphatic carbocycles. The van der Waals surface area contributed by atoms with E-state index in [1.807, 2.05) is 11.6 Å². The third-order valence-electron chi connectivity index (χ3n) is 5.82. The molecule has 0 unspecified atom stereocenters. The van der Waals surface area contributed by atoms with Crippen molar-refractivity contribution >= 4 is 17.3 Å². The predicted molar refractivity (Wildman–Crippen MR) is 84.8 cm³/mol. The van der Waals surface area contributed by atoms with Crippen molar-refractivity contribution in [2.24, 2.45) is 11.3 Å². The standard InChI is InChI=1S/C16H23N3O2S/c20-15(21)16-10-18(9-14-17-5-6-22-14)7-12(16)8-19(11-16)13-3-1-2-4-13/h5-6,12-13H,1-4,7-11H2,(H,20,21)/t12-,16-/m1/s1. The van der Waals surface area contributed by atoms with E-state index in [0.29, 0.717) is 12.6 Å². The van der Waals surface area contributed by atoms with Crippen LogP contribution in [0.2, 0.25) is 0 Å². The van der Waals surface area contributed by atoms with Crippen LogP contribution in [0.25, 0.3) is 0 Å². The van der Waals surface area contributed by atoms with Gasteiger partial charge in [0.2, 0.25) is 0 Å². The zero-order valence-corrected chi connectivity index (χ0v) is 13.6. The van der Waals surface area contributed by atoms with Crippen LogP contribution in [0, 0.1) is 11.3 Å². The van der Waals surface area contributed by atoms with Crippen molar-refractivity contribution in [1.82, 2.24) is 14.8 Å². The average molecular weight is 321 g/mol. The molecule has 1 aromatic heterocycles. The number of aliphatic carboxylic acids is 1. The largest absolute Gasteiger partial charge is 0.481 e.